The first-order valence-electron chi connectivity index (χ1n) is 7.07. The molecule has 23 heavy (non-hydrogen) atoms. The smallest absolute Gasteiger partial charge is 0.308 e. The Hall–Kier alpha value is -2.48. The molecule has 2 aromatic rings. The van der Waals surface area contributed by atoms with Crippen LogP contribution in [0.4, 0.5) is 0 Å². The van der Waals surface area contributed by atoms with Crippen molar-refractivity contribution in [3.05, 3.63) is 29.3 Å². The summed E-state index contributed by atoms with van der Waals surface area (Å²) >= 11 is 5.83. The molecule has 1 aliphatic rings. The number of hydrogen-bond acceptors (Lipinski definition) is 5. The summed E-state index contributed by atoms with van der Waals surface area (Å²) in [7, 11) is 0. The van der Waals surface area contributed by atoms with Crippen LogP contribution in [0.25, 0.3) is 11.4 Å². The van der Waals surface area contributed by atoms with E-state index in [9.17, 15) is 9.59 Å². The lowest BCUT2D eigenvalue weighted by atomic mass is 10.1. The van der Waals surface area contributed by atoms with Crippen molar-refractivity contribution in [2.24, 2.45) is 5.92 Å². The Morgan fingerprint density at radius 3 is 2.70 bits per heavy atom. The van der Waals surface area contributed by atoms with Crippen LogP contribution in [0, 0.1) is 5.92 Å². The predicted octanol–water partition coefficient (Wildman–Crippen LogP) is 0.927. The molecule has 1 aliphatic heterocycles. The first-order chi connectivity index (χ1) is 11.0. The molecule has 1 fully saturated rings. The van der Waals surface area contributed by atoms with Gasteiger partial charge in [-0.2, -0.15) is 4.80 Å². The fourth-order valence-electron chi connectivity index (χ4n) is 2.43. The largest absolute Gasteiger partial charge is 0.481 e. The number of nitrogens with zero attached hydrogens (tertiary/aromatic N) is 5. The number of carbonyl (C=O) groups is 2. The lowest BCUT2D eigenvalue weighted by Gasteiger charge is -2.14. The van der Waals surface area contributed by atoms with Gasteiger partial charge in [0.05, 0.1) is 5.92 Å². The molecule has 0 spiro atoms. The minimum Gasteiger partial charge on any atom is -0.481 e. The zero-order chi connectivity index (χ0) is 16.4. The van der Waals surface area contributed by atoms with Crippen molar-refractivity contribution in [3.63, 3.8) is 0 Å². The van der Waals surface area contributed by atoms with E-state index in [2.05, 4.69) is 15.4 Å². The van der Waals surface area contributed by atoms with Crippen molar-refractivity contribution in [2.75, 3.05) is 13.1 Å². The SMILES string of the molecule is O=C(O)[C@H]1CCN(C(=O)Cn2nnc(-c3ccc(Cl)cc3)n2)C1. The maximum absolute atomic E-state index is 12.2. The molecular formula is C14H14ClN5O3. The highest BCUT2D eigenvalue weighted by molar-refractivity contribution is 6.30. The molecular weight excluding hydrogens is 322 g/mol. The van der Waals surface area contributed by atoms with E-state index in [0.717, 1.165) is 5.56 Å². The molecule has 1 N–H and O–H groups in total. The number of amides is 1. The minimum atomic E-state index is -0.871. The lowest BCUT2D eigenvalue weighted by Crippen LogP contribution is -2.33. The van der Waals surface area contributed by atoms with Gasteiger partial charge in [0, 0.05) is 23.7 Å². The van der Waals surface area contributed by atoms with E-state index in [4.69, 9.17) is 16.7 Å². The molecule has 1 aromatic heterocycles. The Kier molecular flexibility index (Phi) is 4.24. The standard InChI is InChI=1S/C14H14ClN5O3/c15-11-3-1-9(2-4-11)13-16-18-20(17-13)8-12(21)19-6-5-10(7-19)14(22)23/h1-4,10H,5-8H2,(H,22,23)/t10-/m0/s1. The van der Waals surface area contributed by atoms with Crippen molar-refractivity contribution >= 4 is 23.5 Å². The lowest BCUT2D eigenvalue weighted by molar-refractivity contribution is -0.141. The third-order valence-corrected chi connectivity index (χ3v) is 3.97. The summed E-state index contributed by atoms with van der Waals surface area (Å²) in [6.45, 7) is 0.606. The number of aromatic nitrogens is 4. The van der Waals surface area contributed by atoms with Crippen LogP contribution in [0.3, 0.4) is 0 Å². The maximum atomic E-state index is 12.2. The Balaban J connectivity index is 1.64. The number of aliphatic carboxylic acids is 1. The second-order valence-electron chi connectivity index (χ2n) is 5.31. The molecule has 8 nitrogen and oxygen atoms in total. The van der Waals surface area contributed by atoms with Crippen molar-refractivity contribution in [1.29, 1.82) is 0 Å². The van der Waals surface area contributed by atoms with Gasteiger partial charge in [0.1, 0.15) is 6.54 Å². The third kappa shape index (κ3) is 3.48. The highest BCUT2D eigenvalue weighted by Crippen LogP contribution is 2.18. The number of rotatable bonds is 4. The van der Waals surface area contributed by atoms with Crippen molar-refractivity contribution < 1.29 is 14.7 Å². The average Bonchev–Trinajstić information content (AvgIpc) is 3.17. The number of carboxylic acids is 1. The summed E-state index contributed by atoms with van der Waals surface area (Å²) in [5.41, 5.74) is 0.750. The fourth-order valence-corrected chi connectivity index (χ4v) is 2.56. The second-order valence-corrected chi connectivity index (χ2v) is 5.75. The van der Waals surface area contributed by atoms with Gasteiger partial charge in [0.25, 0.3) is 0 Å². The molecule has 3 rings (SSSR count). The number of carboxylic acid groups (broad SMARTS) is 1. The molecule has 0 radical (unpaired) electrons. The Morgan fingerprint density at radius 2 is 2.04 bits per heavy atom. The highest BCUT2D eigenvalue weighted by Gasteiger charge is 2.31. The first kappa shape index (κ1) is 15.4. The van der Waals surface area contributed by atoms with E-state index in [1.165, 1.54) is 9.70 Å². The molecule has 1 aromatic carbocycles. The summed E-state index contributed by atoms with van der Waals surface area (Å²) in [4.78, 5) is 25.8. The molecule has 2 heterocycles. The van der Waals surface area contributed by atoms with E-state index >= 15 is 0 Å². The number of halogens is 1. The van der Waals surface area contributed by atoms with Crippen LogP contribution in [-0.2, 0) is 16.1 Å². The van der Waals surface area contributed by atoms with Gasteiger partial charge in [-0.15, -0.1) is 10.2 Å². The van der Waals surface area contributed by atoms with E-state index in [1.807, 2.05) is 0 Å². The second kappa shape index (κ2) is 6.33. The fraction of sp³-hybridized carbons (Fsp3) is 0.357. The van der Waals surface area contributed by atoms with Gasteiger partial charge in [0.2, 0.25) is 11.7 Å². The van der Waals surface area contributed by atoms with E-state index < -0.39 is 11.9 Å². The predicted molar refractivity (Wildman–Crippen MR) is 80.6 cm³/mol. The number of carbonyl (C=O) groups excluding carboxylic acids is 1. The van der Waals surface area contributed by atoms with Crippen molar-refractivity contribution in [2.45, 2.75) is 13.0 Å². The van der Waals surface area contributed by atoms with Crippen LogP contribution < -0.4 is 0 Å². The van der Waals surface area contributed by atoms with Crippen LogP contribution in [-0.4, -0.2) is 55.2 Å². The molecule has 0 aliphatic carbocycles. The van der Waals surface area contributed by atoms with Gasteiger partial charge in [-0.25, -0.2) is 0 Å². The van der Waals surface area contributed by atoms with Crippen LogP contribution >= 0.6 is 11.6 Å². The Bertz CT molecular complexity index is 730. The van der Waals surface area contributed by atoms with Crippen molar-refractivity contribution in [1.82, 2.24) is 25.1 Å². The first-order valence-corrected chi connectivity index (χ1v) is 7.45. The number of hydrogen-bond donors (Lipinski definition) is 1. The maximum Gasteiger partial charge on any atom is 0.308 e. The number of likely N-dealkylation sites (tertiary alicyclic amines) is 1. The van der Waals surface area contributed by atoms with Gasteiger partial charge in [-0.3, -0.25) is 9.59 Å². The van der Waals surface area contributed by atoms with E-state index in [1.54, 1.807) is 24.3 Å². The average molecular weight is 336 g/mol. The van der Waals surface area contributed by atoms with Gasteiger partial charge >= 0.3 is 5.97 Å². The summed E-state index contributed by atoms with van der Waals surface area (Å²) in [5, 5.41) is 21.5. The van der Waals surface area contributed by atoms with Gasteiger partial charge in [0.15, 0.2) is 0 Å². The molecule has 1 amide bonds. The topological polar surface area (TPSA) is 101 Å². The van der Waals surface area contributed by atoms with E-state index in [-0.39, 0.29) is 19.0 Å². The van der Waals surface area contributed by atoms with Crippen LogP contribution in [0.15, 0.2) is 24.3 Å². The number of tetrazole rings is 1. The molecule has 0 bridgehead atoms. The number of benzene rings is 1. The monoisotopic (exact) mass is 335 g/mol. The zero-order valence-corrected chi connectivity index (χ0v) is 12.8. The summed E-state index contributed by atoms with van der Waals surface area (Å²) in [5.74, 6) is -1.18. The van der Waals surface area contributed by atoms with Crippen LogP contribution in [0.2, 0.25) is 5.02 Å². The molecule has 9 heteroatoms. The van der Waals surface area contributed by atoms with E-state index in [0.29, 0.717) is 23.8 Å². The molecule has 0 saturated carbocycles. The Morgan fingerprint density at radius 1 is 1.30 bits per heavy atom. The molecule has 120 valence electrons. The molecule has 1 saturated heterocycles. The molecule has 1 atom stereocenters. The van der Waals surface area contributed by atoms with Gasteiger partial charge in [-0.05, 0) is 35.9 Å². The summed E-state index contributed by atoms with van der Waals surface area (Å²) in [6, 6.07) is 6.98. The van der Waals surface area contributed by atoms with Gasteiger partial charge in [-0.1, -0.05) is 11.6 Å². The minimum absolute atomic E-state index is 0.0626. The van der Waals surface area contributed by atoms with Crippen LogP contribution in [0.5, 0.6) is 0 Å². The summed E-state index contributed by atoms with van der Waals surface area (Å²) < 4.78 is 0. The molecule has 0 unspecified atom stereocenters. The normalized spacial score (nSPS) is 17.4. The van der Waals surface area contributed by atoms with Crippen LogP contribution in [0.1, 0.15) is 6.42 Å². The Labute approximate surface area is 136 Å². The zero-order valence-electron chi connectivity index (χ0n) is 12.1. The van der Waals surface area contributed by atoms with Crippen molar-refractivity contribution in [3.8, 4) is 11.4 Å². The quantitative estimate of drug-likeness (QED) is 0.891. The highest BCUT2D eigenvalue weighted by atomic mass is 35.5. The van der Waals surface area contributed by atoms with Gasteiger partial charge < -0.3 is 10.0 Å². The third-order valence-electron chi connectivity index (χ3n) is 3.72. The summed E-state index contributed by atoms with van der Waals surface area (Å²) in [6.07, 6.45) is 0.474.